The van der Waals surface area contributed by atoms with Crippen molar-refractivity contribution < 1.29 is 18.3 Å². The van der Waals surface area contributed by atoms with Gasteiger partial charge in [0.15, 0.2) is 6.04 Å². The van der Waals surface area contributed by atoms with Crippen LogP contribution in [0.5, 0.6) is 0 Å². The molecule has 2 aromatic carbocycles. The summed E-state index contributed by atoms with van der Waals surface area (Å²) in [5, 5.41) is 9.44. The van der Waals surface area contributed by atoms with Crippen molar-refractivity contribution in [3.05, 3.63) is 64.6 Å². The summed E-state index contributed by atoms with van der Waals surface area (Å²) in [5.74, 6) is -0.491. The lowest BCUT2D eigenvalue weighted by Crippen LogP contribution is -2.34. The number of amidine groups is 1. The van der Waals surface area contributed by atoms with Crippen LogP contribution in [0.15, 0.2) is 69.0 Å². The summed E-state index contributed by atoms with van der Waals surface area (Å²) in [4.78, 5) is 15.8. The lowest BCUT2D eigenvalue weighted by molar-refractivity contribution is -0.138. The van der Waals surface area contributed by atoms with Gasteiger partial charge in [-0.15, -0.1) is 0 Å². The highest BCUT2D eigenvalue weighted by atomic mass is 79.9. The molecule has 0 saturated carbocycles. The summed E-state index contributed by atoms with van der Waals surface area (Å²) >= 11 is 4.77. The monoisotopic (exact) mass is 470 g/mol. The van der Waals surface area contributed by atoms with Gasteiger partial charge in [-0.1, -0.05) is 46.3 Å². The van der Waals surface area contributed by atoms with Crippen molar-refractivity contribution in [2.75, 3.05) is 12.0 Å². The Morgan fingerprint density at radius 1 is 1.19 bits per heavy atom. The second kappa shape index (κ2) is 9.91. The maximum atomic E-state index is 12.7. The third kappa shape index (κ3) is 6.37. The molecule has 0 aliphatic rings. The summed E-state index contributed by atoms with van der Waals surface area (Å²) < 4.78 is 28.7. The fraction of sp³-hybridized carbons (Fsp3) is 0.222. The van der Waals surface area contributed by atoms with Gasteiger partial charge in [0, 0.05) is 10.0 Å². The van der Waals surface area contributed by atoms with Crippen LogP contribution in [0.1, 0.15) is 12.0 Å². The van der Waals surface area contributed by atoms with Crippen molar-refractivity contribution in [2.24, 2.45) is 4.99 Å². The van der Waals surface area contributed by atoms with Gasteiger partial charge in [0.2, 0.25) is 0 Å². The van der Waals surface area contributed by atoms with E-state index in [4.69, 9.17) is 0 Å². The number of carboxylic acids is 1. The molecule has 0 bridgehead atoms. The van der Waals surface area contributed by atoms with E-state index < -0.39 is 22.0 Å². The zero-order chi connectivity index (χ0) is 19.9. The maximum absolute atomic E-state index is 12.7. The predicted octanol–water partition coefficient (Wildman–Crippen LogP) is 3.38. The topological polar surface area (TPSA) is 95.8 Å². The molecule has 0 amide bonds. The third-order valence-electron chi connectivity index (χ3n) is 3.57. The van der Waals surface area contributed by atoms with Gasteiger partial charge in [0.05, 0.1) is 4.90 Å². The Bertz CT molecular complexity index is 901. The molecule has 1 atom stereocenters. The number of nitrogens with zero attached hydrogens (tertiary/aromatic N) is 1. The van der Waals surface area contributed by atoms with Crippen LogP contribution in [0.25, 0.3) is 0 Å². The molecule has 2 rings (SSSR count). The van der Waals surface area contributed by atoms with Crippen LogP contribution >= 0.6 is 27.7 Å². The van der Waals surface area contributed by atoms with Crippen molar-refractivity contribution in [3.63, 3.8) is 0 Å². The average molecular weight is 471 g/mol. The normalized spacial score (nSPS) is 13.2. The number of carbonyl (C=O) groups is 1. The summed E-state index contributed by atoms with van der Waals surface area (Å²) in [6.07, 6.45) is 2.17. The molecule has 0 unspecified atom stereocenters. The lowest BCUT2D eigenvalue weighted by atomic mass is 10.2. The van der Waals surface area contributed by atoms with E-state index in [0.29, 0.717) is 17.7 Å². The fourth-order valence-electron chi connectivity index (χ4n) is 2.18. The molecule has 9 heteroatoms. The van der Waals surface area contributed by atoms with E-state index in [1.54, 1.807) is 42.5 Å². The lowest BCUT2D eigenvalue weighted by Gasteiger charge is -2.14. The van der Waals surface area contributed by atoms with Crippen LogP contribution in [0.2, 0.25) is 0 Å². The Balaban J connectivity index is 2.42. The molecular formula is C18H19BrN2O4S2. The summed E-state index contributed by atoms with van der Waals surface area (Å²) in [5.41, 5.74) is 0.494. The number of rotatable bonds is 8. The average Bonchev–Trinajstić information content (AvgIpc) is 2.65. The zero-order valence-corrected chi connectivity index (χ0v) is 17.7. The molecule has 0 aromatic heterocycles. The van der Waals surface area contributed by atoms with E-state index in [9.17, 15) is 18.3 Å². The molecule has 0 fully saturated rings. The van der Waals surface area contributed by atoms with Crippen LogP contribution in [0.4, 0.5) is 0 Å². The number of hydrogen-bond donors (Lipinski definition) is 2. The van der Waals surface area contributed by atoms with Crippen LogP contribution in [0, 0.1) is 0 Å². The minimum atomic E-state index is -3.92. The molecule has 0 aliphatic heterocycles. The highest BCUT2D eigenvalue weighted by molar-refractivity contribution is 9.10. The van der Waals surface area contributed by atoms with Crippen LogP contribution in [0.3, 0.4) is 0 Å². The van der Waals surface area contributed by atoms with Gasteiger partial charge in [0.1, 0.15) is 5.84 Å². The van der Waals surface area contributed by atoms with E-state index in [1.165, 1.54) is 23.9 Å². The standard InChI is InChI=1S/C18H19BrN2O4S2/c1-26-12-11-16(18(22)23)20-17(13-5-3-2-4-6-13)21-27(24,25)15-9-7-14(19)8-10-15/h2-10,16H,11-12H2,1H3,(H,20,21)(H,22,23)/t16-/m0/s1. The summed E-state index contributed by atoms with van der Waals surface area (Å²) in [6, 6.07) is 13.7. The quantitative estimate of drug-likeness (QED) is 0.455. The predicted molar refractivity (Wildman–Crippen MR) is 112 cm³/mol. The van der Waals surface area contributed by atoms with Crippen molar-refractivity contribution in [2.45, 2.75) is 17.4 Å². The number of sulfonamides is 1. The molecule has 0 radical (unpaired) electrons. The SMILES string of the molecule is CSCC[C@H](N=C(NS(=O)(=O)c1ccc(Br)cc1)c1ccccc1)C(=O)O. The van der Waals surface area contributed by atoms with Gasteiger partial charge >= 0.3 is 5.97 Å². The molecule has 0 saturated heterocycles. The molecule has 27 heavy (non-hydrogen) atoms. The van der Waals surface area contributed by atoms with E-state index in [2.05, 4.69) is 25.6 Å². The molecule has 0 heterocycles. The van der Waals surface area contributed by atoms with E-state index >= 15 is 0 Å². The van der Waals surface area contributed by atoms with Crippen molar-refractivity contribution in [1.29, 1.82) is 0 Å². The molecule has 0 aliphatic carbocycles. The first-order valence-electron chi connectivity index (χ1n) is 7.97. The van der Waals surface area contributed by atoms with E-state index in [-0.39, 0.29) is 10.7 Å². The summed E-state index contributed by atoms with van der Waals surface area (Å²) in [6.45, 7) is 0. The minimum absolute atomic E-state index is 0.00650. The van der Waals surface area contributed by atoms with Gasteiger partial charge < -0.3 is 5.11 Å². The number of carboxylic acid groups (broad SMARTS) is 1. The number of benzene rings is 2. The number of halogens is 1. The van der Waals surface area contributed by atoms with Crippen LogP contribution in [-0.2, 0) is 14.8 Å². The van der Waals surface area contributed by atoms with Gasteiger partial charge in [-0.3, -0.25) is 9.71 Å². The molecule has 144 valence electrons. The first-order valence-corrected chi connectivity index (χ1v) is 11.6. The van der Waals surface area contributed by atoms with Gasteiger partial charge in [-0.25, -0.2) is 13.2 Å². The first kappa shape index (κ1) is 21.5. The Kier molecular flexibility index (Phi) is 7.88. The molecule has 2 N–H and O–H groups in total. The smallest absolute Gasteiger partial charge is 0.328 e. The molecule has 6 nitrogen and oxygen atoms in total. The van der Waals surface area contributed by atoms with Crippen LogP contribution < -0.4 is 4.72 Å². The summed E-state index contributed by atoms with van der Waals surface area (Å²) in [7, 11) is -3.92. The van der Waals surface area contributed by atoms with Crippen molar-refractivity contribution in [3.8, 4) is 0 Å². The Morgan fingerprint density at radius 2 is 1.81 bits per heavy atom. The Hall–Kier alpha value is -1.84. The number of aliphatic carboxylic acids is 1. The van der Waals surface area contributed by atoms with Gasteiger partial charge in [-0.2, -0.15) is 11.8 Å². The van der Waals surface area contributed by atoms with Crippen LogP contribution in [-0.4, -0.2) is 43.4 Å². The van der Waals surface area contributed by atoms with Gasteiger partial charge in [-0.05, 0) is 42.7 Å². The second-order valence-electron chi connectivity index (χ2n) is 5.54. The first-order chi connectivity index (χ1) is 12.8. The largest absolute Gasteiger partial charge is 0.480 e. The van der Waals surface area contributed by atoms with Gasteiger partial charge in [0.25, 0.3) is 10.0 Å². The fourth-order valence-corrected chi connectivity index (χ4v) is 3.94. The van der Waals surface area contributed by atoms with Crippen molar-refractivity contribution in [1.82, 2.24) is 4.72 Å². The maximum Gasteiger partial charge on any atom is 0.328 e. The highest BCUT2D eigenvalue weighted by Gasteiger charge is 2.21. The Morgan fingerprint density at radius 3 is 2.37 bits per heavy atom. The Labute approximate surface area is 171 Å². The number of hydrogen-bond acceptors (Lipinski definition) is 5. The minimum Gasteiger partial charge on any atom is -0.480 e. The second-order valence-corrected chi connectivity index (χ2v) is 9.12. The van der Waals surface area contributed by atoms with E-state index in [1.807, 2.05) is 6.26 Å². The third-order valence-corrected chi connectivity index (χ3v) is 6.10. The zero-order valence-electron chi connectivity index (χ0n) is 14.5. The molecule has 0 spiro atoms. The highest BCUT2D eigenvalue weighted by Crippen LogP contribution is 2.16. The number of nitrogens with one attached hydrogen (secondary N) is 1. The molecular weight excluding hydrogens is 452 g/mol. The number of thioether (sulfide) groups is 1. The van der Waals surface area contributed by atoms with E-state index in [0.717, 1.165) is 4.47 Å². The van der Waals surface area contributed by atoms with Crippen molar-refractivity contribution >= 4 is 49.5 Å². The molecule has 2 aromatic rings. The number of aliphatic imine (C=N–C) groups is 1.